The predicted molar refractivity (Wildman–Crippen MR) is 105 cm³/mol. The molecular weight excluding hydrogens is 376 g/mol. The minimum Gasteiger partial charge on any atom is -0.450 e. The van der Waals surface area contributed by atoms with E-state index in [4.69, 9.17) is 9.26 Å². The summed E-state index contributed by atoms with van der Waals surface area (Å²) >= 11 is 1.71. The van der Waals surface area contributed by atoms with Crippen molar-refractivity contribution in [3.63, 3.8) is 0 Å². The molecule has 1 aliphatic rings. The maximum absolute atomic E-state index is 13.1. The number of aryl methyl sites for hydroxylation is 1. The molecule has 3 aromatic rings. The smallest absolute Gasteiger partial charge is 0.377 e. The second kappa shape index (κ2) is 7.90. The number of benzene rings is 2. The molecule has 0 saturated heterocycles. The van der Waals surface area contributed by atoms with E-state index in [0.717, 1.165) is 21.9 Å². The number of para-hydroxylation sites is 1. The number of hydrogen-bond donors (Lipinski definition) is 0. The first kappa shape index (κ1) is 18.3. The molecule has 1 aliphatic heterocycles. The zero-order valence-corrected chi connectivity index (χ0v) is 16.0. The Kier molecular flexibility index (Phi) is 5.16. The van der Waals surface area contributed by atoms with Crippen LogP contribution in [-0.4, -0.2) is 29.4 Å². The topological polar surface area (TPSA) is 72.6 Å². The van der Waals surface area contributed by atoms with Crippen LogP contribution in [0.3, 0.4) is 0 Å². The lowest BCUT2D eigenvalue weighted by Crippen LogP contribution is -2.41. The third-order valence-electron chi connectivity index (χ3n) is 4.44. The normalized spacial score (nSPS) is 15.8. The van der Waals surface area contributed by atoms with Gasteiger partial charge in [0, 0.05) is 16.7 Å². The Balaban J connectivity index is 1.58. The van der Waals surface area contributed by atoms with Crippen LogP contribution in [-0.2, 0) is 9.53 Å². The summed E-state index contributed by atoms with van der Waals surface area (Å²) in [5.41, 5.74) is 2.43. The number of rotatable bonds is 4. The SMILES string of the molecule is Cc1cc(C(=O)OCC(=O)N2c3ccccc3SC[C@@H]2c2ccccc2)on1. The first-order valence-electron chi connectivity index (χ1n) is 8.83. The summed E-state index contributed by atoms with van der Waals surface area (Å²) in [6.45, 7) is 1.33. The number of carbonyl (C=O) groups is 2. The van der Waals surface area contributed by atoms with E-state index >= 15 is 0 Å². The Labute approximate surface area is 166 Å². The van der Waals surface area contributed by atoms with E-state index in [0.29, 0.717) is 5.69 Å². The lowest BCUT2D eigenvalue weighted by atomic mass is 10.1. The number of aromatic nitrogens is 1. The van der Waals surface area contributed by atoms with Crippen LogP contribution in [0, 0.1) is 6.92 Å². The van der Waals surface area contributed by atoms with Gasteiger partial charge in [0.25, 0.3) is 5.91 Å². The molecule has 1 aromatic heterocycles. The highest BCUT2D eigenvalue weighted by molar-refractivity contribution is 7.99. The number of amides is 1. The number of esters is 1. The first-order valence-corrected chi connectivity index (χ1v) is 9.81. The zero-order chi connectivity index (χ0) is 19.5. The number of ether oxygens (including phenoxy) is 1. The molecule has 28 heavy (non-hydrogen) atoms. The highest BCUT2D eigenvalue weighted by atomic mass is 32.2. The van der Waals surface area contributed by atoms with E-state index in [1.807, 2.05) is 54.6 Å². The van der Waals surface area contributed by atoms with Crippen LogP contribution < -0.4 is 4.90 Å². The van der Waals surface area contributed by atoms with Crippen molar-refractivity contribution < 1.29 is 18.8 Å². The Morgan fingerprint density at radius 3 is 2.68 bits per heavy atom. The Bertz CT molecular complexity index is 1000. The molecule has 2 aromatic carbocycles. The van der Waals surface area contributed by atoms with Gasteiger partial charge in [0.05, 0.1) is 17.4 Å². The van der Waals surface area contributed by atoms with Crippen molar-refractivity contribution in [3.05, 3.63) is 77.7 Å². The summed E-state index contributed by atoms with van der Waals surface area (Å²) in [4.78, 5) is 27.9. The highest BCUT2D eigenvalue weighted by Gasteiger charge is 2.33. The second-order valence-corrected chi connectivity index (χ2v) is 7.44. The van der Waals surface area contributed by atoms with Crippen molar-refractivity contribution in [2.75, 3.05) is 17.3 Å². The molecule has 2 heterocycles. The van der Waals surface area contributed by atoms with Crippen molar-refractivity contribution in [2.24, 2.45) is 0 Å². The molecule has 0 spiro atoms. The van der Waals surface area contributed by atoms with Crippen molar-refractivity contribution in [1.29, 1.82) is 0 Å². The number of nitrogens with zero attached hydrogens (tertiary/aromatic N) is 2. The van der Waals surface area contributed by atoms with Gasteiger partial charge in [-0.2, -0.15) is 0 Å². The van der Waals surface area contributed by atoms with E-state index < -0.39 is 5.97 Å². The number of fused-ring (bicyclic) bond motifs is 1. The van der Waals surface area contributed by atoms with Crippen LogP contribution in [0.25, 0.3) is 0 Å². The predicted octanol–water partition coefficient (Wildman–Crippen LogP) is 4.02. The van der Waals surface area contributed by atoms with E-state index in [1.165, 1.54) is 6.07 Å². The van der Waals surface area contributed by atoms with E-state index in [1.54, 1.807) is 23.6 Å². The number of thioether (sulfide) groups is 1. The summed E-state index contributed by atoms with van der Waals surface area (Å²) < 4.78 is 10.1. The monoisotopic (exact) mass is 394 g/mol. The molecule has 1 atom stereocenters. The number of anilines is 1. The maximum Gasteiger partial charge on any atom is 0.377 e. The van der Waals surface area contributed by atoms with Crippen molar-refractivity contribution in [2.45, 2.75) is 17.9 Å². The molecule has 0 bridgehead atoms. The number of hydrogen-bond acceptors (Lipinski definition) is 6. The largest absolute Gasteiger partial charge is 0.450 e. The van der Waals surface area contributed by atoms with E-state index in [9.17, 15) is 9.59 Å². The average molecular weight is 394 g/mol. The van der Waals surface area contributed by atoms with Gasteiger partial charge in [-0.25, -0.2) is 4.79 Å². The van der Waals surface area contributed by atoms with E-state index in [-0.39, 0.29) is 24.3 Å². The molecule has 0 N–H and O–H groups in total. The van der Waals surface area contributed by atoms with Crippen LogP contribution in [0.15, 0.2) is 70.1 Å². The maximum atomic E-state index is 13.1. The minimum absolute atomic E-state index is 0.0143. The molecule has 6 nitrogen and oxygen atoms in total. The lowest BCUT2D eigenvalue weighted by molar-refractivity contribution is -0.122. The molecular formula is C21H18N2O4S. The first-order chi connectivity index (χ1) is 13.6. The van der Waals surface area contributed by atoms with Gasteiger partial charge in [-0.15, -0.1) is 11.8 Å². The van der Waals surface area contributed by atoms with Gasteiger partial charge >= 0.3 is 5.97 Å². The fourth-order valence-electron chi connectivity index (χ4n) is 3.15. The van der Waals surface area contributed by atoms with Crippen molar-refractivity contribution >= 4 is 29.3 Å². The molecule has 7 heteroatoms. The van der Waals surface area contributed by atoms with Crippen LogP contribution in [0.1, 0.15) is 27.9 Å². The van der Waals surface area contributed by atoms with Crippen LogP contribution >= 0.6 is 11.8 Å². The Morgan fingerprint density at radius 2 is 1.93 bits per heavy atom. The van der Waals surface area contributed by atoms with Crippen LogP contribution in [0.4, 0.5) is 5.69 Å². The third kappa shape index (κ3) is 3.66. The Morgan fingerprint density at radius 1 is 1.18 bits per heavy atom. The molecule has 0 fully saturated rings. The highest BCUT2D eigenvalue weighted by Crippen LogP contribution is 2.43. The van der Waals surface area contributed by atoms with E-state index in [2.05, 4.69) is 5.16 Å². The molecule has 142 valence electrons. The van der Waals surface area contributed by atoms with Gasteiger partial charge in [0.15, 0.2) is 6.61 Å². The standard InChI is InChI=1S/C21H18N2O4S/c1-14-11-18(27-22-14)21(25)26-12-20(24)23-16-9-5-6-10-19(16)28-13-17(23)15-7-3-2-4-8-15/h2-11,17H,12-13H2,1H3/t17-/m1/s1. The van der Waals surface area contributed by atoms with Gasteiger partial charge in [0.1, 0.15) is 0 Å². The fourth-order valence-corrected chi connectivity index (χ4v) is 4.31. The van der Waals surface area contributed by atoms with Crippen LogP contribution in [0.5, 0.6) is 0 Å². The molecule has 0 saturated carbocycles. The zero-order valence-electron chi connectivity index (χ0n) is 15.2. The minimum atomic E-state index is -0.704. The second-order valence-electron chi connectivity index (χ2n) is 6.38. The van der Waals surface area contributed by atoms with Crippen molar-refractivity contribution in [3.8, 4) is 0 Å². The summed E-state index contributed by atoms with van der Waals surface area (Å²) in [6, 6.07) is 18.9. The summed E-state index contributed by atoms with van der Waals surface area (Å²) in [5.74, 6) is -0.280. The molecule has 0 aliphatic carbocycles. The fraction of sp³-hybridized carbons (Fsp3) is 0.190. The van der Waals surface area contributed by atoms with Gasteiger partial charge in [-0.1, -0.05) is 47.6 Å². The van der Waals surface area contributed by atoms with Gasteiger partial charge in [0.2, 0.25) is 5.76 Å². The molecule has 1 amide bonds. The quantitative estimate of drug-likeness (QED) is 0.623. The number of carbonyl (C=O) groups excluding carboxylic acids is 2. The van der Waals surface area contributed by atoms with Crippen LogP contribution in [0.2, 0.25) is 0 Å². The summed E-state index contributed by atoms with van der Waals surface area (Å²) in [6.07, 6.45) is 0. The molecule has 0 unspecified atom stereocenters. The Hall–Kier alpha value is -3.06. The summed E-state index contributed by atoms with van der Waals surface area (Å²) in [5, 5.41) is 3.66. The van der Waals surface area contributed by atoms with Gasteiger partial charge in [-0.3, -0.25) is 9.69 Å². The third-order valence-corrected chi connectivity index (χ3v) is 5.58. The average Bonchev–Trinajstić information content (AvgIpc) is 3.18. The van der Waals surface area contributed by atoms with Gasteiger partial charge in [-0.05, 0) is 24.6 Å². The summed E-state index contributed by atoms with van der Waals surface area (Å²) in [7, 11) is 0. The van der Waals surface area contributed by atoms with Gasteiger partial charge < -0.3 is 9.26 Å². The lowest BCUT2D eigenvalue weighted by Gasteiger charge is -2.37. The molecule has 4 rings (SSSR count). The molecule has 0 radical (unpaired) electrons. The van der Waals surface area contributed by atoms with Crippen molar-refractivity contribution in [1.82, 2.24) is 5.16 Å².